The highest BCUT2D eigenvalue weighted by Crippen LogP contribution is 2.29. The maximum atomic E-state index is 13.1. The third kappa shape index (κ3) is 6.50. The number of nitrogens with zero attached hydrogens (tertiary/aromatic N) is 1. The number of hydrogen-bond acceptors (Lipinski definition) is 4. The molecule has 0 bridgehead atoms. The molecule has 3 rings (SSSR count). The second-order valence-corrected chi connectivity index (χ2v) is 9.26. The van der Waals surface area contributed by atoms with Crippen molar-refractivity contribution in [2.45, 2.75) is 26.4 Å². The van der Waals surface area contributed by atoms with Crippen LogP contribution in [0.25, 0.3) is 12.2 Å². The molecule has 2 amide bonds. The second-order valence-electron chi connectivity index (χ2n) is 8.42. The summed E-state index contributed by atoms with van der Waals surface area (Å²) in [5.41, 5.74) is 2.01. The Morgan fingerprint density at radius 2 is 1.79 bits per heavy atom. The van der Waals surface area contributed by atoms with Gasteiger partial charge < -0.3 is 9.47 Å². The van der Waals surface area contributed by atoms with Gasteiger partial charge in [-0.1, -0.05) is 47.5 Å². The van der Waals surface area contributed by atoms with E-state index in [0.717, 1.165) is 16.0 Å². The van der Waals surface area contributed by atoms with E-state index in [1.807, 2.05) is 24.3 Å². The highest BCUT2D eigenvalue weighted by atomic mass is 35.5. The Bertz CT molecular complexity index is 1140. The number of allylic oxidation sites excluding steroid dienone is 2. The Labute approximate surface area is 203 Å². The van der Waals surface area contributed by atoms with Crippen LogP contribution < -0.4 is 4.74 Å². The first-order chi connectivity index (χ1) is 15.6. The Hall–Kier alpha value is -3.02. The summed E-state index contributed by atoms with van der Waals surface area (Å²) in [6.07, 6.45) is 6.38. The fraction of sp³-hybridized carbons (Fsp3) is 0.231. The van der Waals surface area contributed by atoms with E-state index in [-0.39, 0.29) is 6.54 Å². The minimum absolute atomic E-state index is 0.110. The molecule has 2 aromatic carbocycles. The lowest BCUT2D eigenvalue weighted by molar-refractivity contribution is -0.124. The summed E-state index contributed by atoms with van der Waals surface area (Å²) in [5, 5.41) is 1.14. The number of hydrogen-bond donors (Lipinski definition) is 0. The van der Waals surface area contributed by atoms with Gasteiger partial charge in [-0.05, 0) is 80.0 Å². The number of halogens is 2. The molecule has 33 heavy (non-hydrogen) atoms. The topological polar surface area (TPSA) is 55.8 Å². The summed E-state index contributed by atoms with van der Waals surface area (Å²) >= 11 is 12.3. The average molecular weight is 486 g/mol. The van der Waals surface area contributed by atoms with Crippen molar-refractivity contribution in [3.63, 3.8) is 0 Å². The van der Waals surface area contributed by atoms with Gasteiger partial charge in [-0.15, -0.1) is 0 Å². The molecule has 0 radical (unpaired) electrons. The van der Waals surface area contributed by atoms with Crippen LogP contribution in [0, 0.1) is 0 Å². The van der Waals surface area contributed by atoms with Crippen LogP contribution in [0.3, 0.4) is 0 Å². The van der Waals surface area contributed by atoms with Gasteiger partial charge in [0.2, 0.25) is 0 Å². The zero-order chi connectivity index (χ0) is 24.2. The number of methoxy groups -OCH3 is 1. The minimum atomic E-state index is -0.713. The van der Waals surface area contributed by atoms with Crippen LogP contribution in [-0.4, -0.2) is 36.2 Å². The summed E-state index contributed by atoms with van der Waals surface area (Å²) in [6, 6.07) is 12.6. The van der Waals surface area contributed by atoms with Gasteiger partial charge in [-0.3, -0.25) is 4.79 Å². The van der Waals surface area contributed by atoms with Crippen molar-refractivity contribution in [3.05, 3.63) is 86.9 Å². The van der Waals surface area contributed by atoms with E-state index in [1.54, 1.807) is 70.4 Å². The normalized spacial score (nSPS) is 16.8. The van der Waals surface area contributed by atoms with Crippen LogP contribution in [0.1, 0.15) is 31.9 Å². The van der Waals surface area contributed by atoms with Gasteiger partial charge in [0.1, 0.15) is 11.4 Å². The molecule has 0 spiro atoms. The number of ether oxygens (including phenoxy) is 2. The smallest absolute Gasteiger partial charge is 0.417 e. The van der Waals surface area contributed by atoms with Crippen LogP contribution in [0.5, 0.6) is 5.75 Å². The van der Waals surface area contributed by atoms with Gasteiger partial charge in [0.25, 0.3) is 5.91 Å². The molecule has 1 aliphatic heterocycles. The van der Waals surface area contributed by atoms with Crippen molar-refractivity contribution < 1.29 is 19.1 Å². The molecule has 0 saturated carbocycles. The Balaban J connectivity index is 1.94. The average Bonchev–Trinajstić information content (AvgIpc) is 3.05. The first kappa shape index (κ1) is 24.6. The van der Waals surface area contributed by atoms with E-state index in [9.17, 15) is 9.59 Å². The van der Waals surface area contributed by atoms with Gasteiger partial charge in [-0.2, -0.15) is 0 Å². The maximum Gasteiger partial charge on any atom is 0.417 e. The van der Waals surface area contributed by atoms with E-state index < -0.39 is 17.6 Å². The van der Waals surface area contributed by atoms with E-state index >= 15 is 0 Å². The van der Waals surface area contributed by atoms with Crippen molar-refractivity contribution in [1.29, 1.82) is 0 Å². The molecule has 1 fully saturated rings. The number of benzene rings is 2. The van der Waals surface area contributed by atoms with Gasteiger partial charge >= 0.3 is 6.09 Å². The molecule has 7 heteroatoms. The number of rotatable bonds is 4. The number of carbonyl (C=O) groups is 2. The van der Waals surface area contributed by atoms with Crippen LogP contribution in [0.2, 0.25) is 10.0 Å². The Morgan fingerprint density at radius 3 is 2.39 bits per heavy atom. The lowest BCUT2D eigenvalue weighted by Gasteiger charge is -2.22. The lowest BCUT2D eigenvalue weighted by Crippen LogP contribution is -2.37. The van der Waals surface area contributed by atoms with Crippen molar-refractivity contribution in [2.75, 3.05) is 13.7 Å². The van der Waals surface area contributed by atoms with E-state index in [2.05, 4.69) is 0 Å². The third-order valence-electron chi connectivity index (χ3n) is 4.72. The highest BCUT2D eigenvalue weighted by Gasteiger charge is 2.37. The van der Waals surface area contributed by atoms with Crippen LogP contribution >= 0.6 is 23.2 Å². The zero-order valence-electron chi connectivity index (χ0n) is 18.9. The minimum Gasteiger partial charge on any atom is -0.497 e. The van der Waals surface area contributed by atoms with Gasteiger partial charge in [0.15, 0.2) is 0 Å². The highest BCUT2D eigenvalue weighted by molar-refractivity contribution is 6.32. The standard InChI is InChI=1S/C26H25Cl2NO4/c1-26(2,3)33-25(31)29-16-19(14-17-8-11-20(27)12-9-17)22(24(29)30)7-5-6-18-10-13-21(32-4)15-23(18)28/h5-15H,16H2,1-4H3/b6-5+,19-14+,22-7+. The zero-order valence-corrected chi connectivity index (χ0v) is 20.4. The third-order valence-corrected chi connectivity index (χ3v) is 5.30. The lowest BCUT2D eigenvalue weighted by atomic mass is 10.0. The van der Waals surface area contributed by atoms with Gasteiger partial charge in [0, 0.05) is 10.6 Å². The Morgan fingerprint density at radius 1 is 1.09 bits per heavy atom. The molecule has 1 aliphatic rings. The first-order valence-electron chi connectivity index (χ1n) is 10.3. The molecule has 0 atom stereocenters. The molecular weight excluding hydrogens is 461 g/mol. The van der Waals surface area contributed by atoms with Crippen molar-refractivity contribution in [2.24, 2.45) is 0 Å². The van der Waals surface area contributed by atoms with Gasteiger partial charge in [0.05, 0.1) is 18.7 Å². The molecule has 0 N–H and O–H groups in total. The van der Waals surface area contributed by atoms with Crippen molar-refractivity contribution in [3.8, 4) is 5.75 Å². The number of imide groups is 1. The molecule has 0 aromatic heterocycles. The predicted molar refractivity (Wildman–Crippen MR) is 132 cm³/mol. The second kappa shape index (κ2) is 10.3. The van der Waals surface area contributed by atoms with Crippen LogP contribution in [-0.2, 0) is 9.53 Å². The molecule has 1 heterocycles. The molecule has 172 valence electrons. The molecule has 2 aromatic rings. The molecule has 0 unspecified atom stereocenters. The fourth-order valence-electron chi connectivity index (χ4n) is 3.15. The number of carbonyl (C=O) groups excluding carboxylic acids is 2. The van der Waals surface area contributed by atoms with Crippen LogP contribution in [0.4, 0.5) is 4.79 Å². The fourth-order valence-corrected chi connectivity index (χ4v) is 3.51. The summed E-state index contributed by atoms with van der Waals surface area (Å²) in [5.74, 6) is 0.234. The van der Waals surface area contributed by atoms with E-state index in [4.69, 9.17) is 32.7 Å². The number of amides is 2. The molecule has 0 aliphatic carbocycles. The summed E-state index contributed by atoms with van der Waals surface area (Å²) in [6.45, 7) is 5.38. The van der Waals surface area contributed by atoms with Gasteiger partial charge in [-0.25, -0.2) is 9.69 Å². The Kier molecular flexibility index (Phi) is 7.67. The summed E-state index contributed by atoms with van der Waals surface area (Å²) in [7, 11) is 1.57. The van der Waals surface area contributed by atoms with E-state index in [0.29, 0.717) is 26.9 Å². The predicted octanol–water partition coefficient (Wildman–Crippen LogP) is 6.80. The molecular formula is C26H25Cl2NO4. The first-order valence-corrected chi connectivity index (χ1v) is 11.1. The number of likely N-dealkylation sites (tertiary alicyclic amines) is 1. The summed E-state index contributed by atoms with van der Waals surface area (Å²) < 4.78 is 10.6. The van der Waals surface area contributed by atoms with Crippen molar-refractivity contribution >= 4 is 47.4 Å². The van der Waals surface area contributed by atoms with Crippen LogP contribution in [0.15, 0.2) is 65.8 Å². The quantitative estimate of drug-likeness (QED) is 0.446. The largest absolute Gasteiger partial charge is 0.497 e. The maximum absolute atomic E-state index is 13.1. The molecule has 1 saturated heterocycles. The SMILES string of the molecule is COc1ccc(/C=C/C=C2/C(=O)N(C(=O)OC(C)(C)C)C/C2=C\c2ccc(Cl)cc2)c(Cl)c1. The summed E-state index contributed by atoms with van der Waals surface area (Å²) in [4.78, 5) is 26.8. The molecule has 5 nitrogen and oxygen atoms in total. The monoisotopic (exact) mass is 485 g/mol. The van der Waals surface area contributed by atoms with Crippen molar-refractivity contribution in [1.82, 2.24) is 4.90 Å². The van der Waals surface area contributed by atoms with E-state index in [1.165, 1.54) is 0 Å².